The molecule has 1 aromatic rings. The van der Waals surface area contributed by atoms with Crippen molar-refractivity contribution in [1.82, 2.24) is 0 Å². The van der Waals surface area contributed by atoms with Gasteiger partial charge in [-0.2, -0.15) is 0 Å². The van der Waals surface area contributed by atoms with E-state index in [1.165, 1.54) is 5.69 Å². The molecule has 0 radical (unpaired) electrons. The Kier molecular flexibility index (Phi) is 4.76. The van der Waals surface area contributed by atoms with Gasteiger partial charge in [0.2, 0.25) is 0 Å². The summed E-state index contributed by atoms with van der Waals surface area (Å²) < 4.78 is 0. The third-order valence-corrected chi connectivity index (χ3v) is 3.37. The molecule has 1 rings (SSSR count). The molecule has 0 amide bonds. The first-order chi connectivity index (χ1) is 8.40. The van der Waals surface area contributed by atoms with Crippen molar-refractivity contribution >= 4 is 11.7 Å². The minimum atomic E-state index is -0.757. The second-order valence-corrected chi connectivity index (χ2v) is 5.17. The predicted octanol–water partition coefficient (Wildman–Crippen LogP) is 3.29. The van der Waals surface area contributed by atoms with Crippen molar-refractivity contribution in [1.29, 1.82) is 0 Å². The van der Waals surface area contributed by atoms with E-state index in [0.29, 0.717) is 0 Å². The number of hydrogen-bond acceptors (Lipinski definition) is 2. The summed E-state index contributed by atoms with van der Waals surface area (Å²) in [5, 5.41) is 8.92. The van der Waals surface area contributed by atoms with Crippen molar-refractivity contribution in [2.75, 3.05) is 18.0 Å². The summed E-state index contributed by atoms with van der Waals surface area (Å²) in [5.74, 6) is -0.757. The highest BCUT2D eigenvalue weighted by molar-refractivity contribution is 5.69. The van der Waals surface area contributed by atoms with E-state index in [1.54, 1.807) is 0 Å². The number of rotatable bonds is 6. The van der Waals surface area contributed by atoms with Crippen LogP contribution in [-0.2, 0) is 10.2 Å². The van der Waals surface area contributed by atoms with Crippen molar-refractivity contribution in [2.45, 2.75) is 39.5 Å². The van der Waals surface area contributed by atoms with E-state index in [1.807, 2.05) is 26.0 Å². The Hall–Kier alpha value is -1.51. The second-order valence-electron chi connectivity index (χ2n) is 5.17. The Labute approximate surface area is 109 Å². The molecular formula is C15H23NO2. The second kappa shape index (κ2) is 5.89. The molecule has 0 unspecified atom stereocenters. The molecule has 3 nitrogen and oxygen atoms in total. The quantitative estimate of drug-likeness (QED) is 0.841. The highest BCUT2D eigenvalue weighted by Gasteiger charge is 2.23. The van der Waals surface area contributed by atoms with Gasteiger partial charge >= 0.3 is 5.97 Å². The van der Waals surface area contributed by atoms with Crippen LogP contribution in [0.15, 0.2) is 24.3 Å². The average molecular weight is 249 g/mol. The molecule has 0 aliphatic carbocycles. The zero-order valence-electron chi connectivity index (χ0n) is 11.7. The maximum atomic E-state index is 10.8. The van der Waals surface area contributed by atoms with E-state index < -0.39 is 5.97 Å². The maximum Gasteiger partial charge on any atom is 0.304 e. The van der Waals surface area contributed by atoms with Crippen LogP contribution < -0.4 is 4.90 Å². The summed E-state index contributed by atoms with van der Waals surface area (Å²) in [7, 11) is 0. The van der Waals surface area contributed by atoms with Crippen LogP contribution in [0.4, 0.5) is 5.69 Å². The van der Waals surface area contributed by atoms with E-state index in [4.69, 9.17) is 5.11 Å². The topological polar surface area (TPSA) is 40.5 Å². The zero-order valence-corrected chi connectivity index (χ0v) is 11.7. The molecule has 0 saturated heterocycles. The molecule has 1 N–H and O–H groups in total. The van der Waals surface area contributed by atoms with Crippen molar-refractivity contribution in [3.05, 3.63) is 29.8 Å². The van der Waals surface area contributed by atoms with Crippen LogP contribution in [0.2, 0.25) is 0 Å². The minimum Gasteiger partial charge on any atom is -0.481 e. The third kappa shape index (κ3) is 3.49. The SMILES string of the molecule is CCN(CC)c1ccc(C(C)(C)CC(=O)O)cc1. The lowest BCUT2D eigenvalue weighted by molar-refractivity contribution is -0.138. The fraction of sp³-hybridized carbons (Fsp3) is 0.533. The Bertz CT molecular complexity index is 391. The van der Waals surface area contributed by atoms with Gasteiger partial charge in [0.1, 0.15) is 0 Å². The number of carboxylic acid groups (broad SMARTS) is 1. The van der Waals surface area contributed by atoms with E-state index in [0.717, 1.165) is 18.7 Å². The van der Waals surface area contributed by atoms with Crippen LogP contribution in [0, 0.1) is 0 Å². The molecule has 0 fully saturated rings. The number of anilines is 1. The number of carbonyl (C=O) groups is 1. The molecule has 0 aromatic heterocycles. The summed E-state index contributed by atoms with van der Waals surface area (Å²) in [4.78, 5) is 13.1. The van der Waals surface area contributed by atoms with Gasteiger partial charge in [-0.25, -0.2) is 0 Å². The largest absolute Gasteiger partial charge is 0.481 e. The monoisotopic (exact) mass is 249 g/mol. The van der Waals surface area contributed by atoms with Gasteiger partial charge in [0.25, 0.3) is 0 Å². The maximum absolute atomic E-state index is 10.8. The van der Waals surface area contributed by atoms with E-state index in [2.05, 4.69) is 30.9 Å². The molecule has 0 atom stereocenters. The highest BCUT2D eigenvalue weighted by Crippen LogP contribution is 2.28. The lowest BCUT2D eigenvalue weighted by atomic mass is 9.81. The molecule has 18 heavy (non-hydrogen) atoms. The van der Waals surface area contributed by atoms with E-state index >= 15 is 0 Å². The third-order valence-electron chi connectivity index (χ3n) is 3.37. The standard InChI is InChI=1S/C15H23NO2/c1-5-16(6-2)13-9-7-12(8-10-13)15(3,4)11-14(17)18/h7-10H,5-6,11H2,1-4H3,(H,17,18). The summed E-state index contributed by atoms with van der Waals surface area (Å²) in [6.07, 6.45) is 0.150. The average Bonchev–Trinajstić information content (AvgIpc) is 2.29. The number of nitrogens with zero attached hydrogens (tertiary/aromatic N) is 1. The van der Waals surface area contributed by atoms with Crippen LogP contribution in [0.3, 0.4) is 0 Å². The first kappa shape index (κ1) is 14.6. The van der Waals surface area contributed by atoms with Crippen LogP contribution in [0.5, 0.6) is 0 Å². The number of carboxylic acids is 1. The van der Waals surface area contributed by atoms with Crippen LogP contribution >= 0.6 is 0 Å². The molecular weight excluding hydrogens is 226 g/mol. The normalized spacial score (nSPS) is 11.3. The van der Waals surface area contributed by atoms with Crippen LogP contribution in [0.1, 0.15) is 39.7 Å². The molecule has 1 aromatic carbocycles. The molecule has 100 valence electrons. The van der Waals surface area contributed by atoms with Gasteiger partial charge in [0.15, 0.2) is 0 Å². The van der Waals surface area contributed by atoms with E-state index in [9.17, 15) is 4.79 Å². The van der Waals surface area contributed by atoms with Crippen molar-refractivity contribution in [3.8, 4) is 0 Å². The van der Waals surface area contributed by atoms with E-state index in [-0.39, 0.29) is 11.8 Å². The Morgan fingerprint density at radius 1 is 1.17 bits per heavy atom. The van der Waals surface area contributed by atoms with Crippen LogP contribution in [-0.4, -0.2) is 24.2 Å². The summed E-state index contributed by atoms with van der Waals surface area (Å²) in [6.45, 7) is 10.2. The Morgan fingerprint density at radius 3 is 2.06 bits per heavy atom. The van der Waals surface area contributed by atoms with Gasteiger partial charge in [-0.15, -0.1) is 0 Å². The summed E-state index contributed by atoms with van der Waals surface area (Å²) in [6, 6.07) is 8.23. The van der Waals surface area contributed by atoms with Gasteiger partial charge in [0, 0.05) is 24.2 Å². The minimum absolute atomic E-state index is 0.150. The fourth-order valence-corrected chi connectivity index (χ4v) is 2.19. The van der Waals surface area contributed by atoms with Gasteiger partial charge in [0.05, 0.1) is 6.42 Å². The number of hydrogen-bond donors (Lipinski definition) is 1. The fourth-order valence-electron chi connectivity index (χ4n) is 2.19. The molecule has 0 heterocycles. The lowest BCUT2D eigenvalue weighted by Crippen LogP contribution is -2.23. The zero-order chi connectivity index (χ0) is 13.8. The van der Waals surface area contributed by atoms with Gasteiger partial charge in [-0.05, 0) is 31.5 Å². The predicted molar refractivity (Wildman–Crippen MR) is 75.3 cm³/mol. The first-order valence-electron chi connectivity index (χ1n) is 6.48. The molecule has 0 bridgehead atoms. The molecule has 0 aliphatic rings. The highest BCUT2D eigenvalue weighted by atomic mass is 16.4. The molecule has 3 heteroatoms. The lowest BCUT2D eigenvalue weighted by Gasteiger charge is -2.25. The van der Waals surface area contributed by atoms with Gasteiger partial charge in [-0.1, -0.05) is 26.0 Å². The molecule has 0 aliphatic heterocycles. The number of aliphatic carboxylic acids is 1. The van der Waals surface area contributed by atoms with Crippen LogP contribution in [0.25, 0.3) is 0 Å². The smallest absolute Gasteiger partial charge is 0.304 e. The summed E-state index contributed by atoms with van der Waals surface area (Å²) >= 11 is 0. The van der Waals surface area contributed by atoms with Crippen molar-refractivity contribution in [3.63, 3.8) is 0 Å². The van der Waals surface area contributed by atoms with Gasteiger partial charge < -0.3 is 10.0 Å². The van der Waals surface area contributed by atoms with Crippen molar-refractivity contribution in [2.24, 2.45) is 0 Å². The Morgan fingerprint density at radius 2 is 1.67 bits per heavy atom. The molecule has 0 saturated carbocycles. The summed E-state index contributed by atoms with van der Waals surface area (Å²) in [5.41, 5.74) is 1.93. The Balaban J connectivity index is 2.91. The molecule has 0 spiro atoms. The first-order valence-corrected chi connectivity index (χ1v) is 6.48. The van der Waals surface area contributed by atoms with Crippen molar-refractivity contribution < 1.29 is 9.90 Å². The number of benzene rings is 1. The van der Waals surface area contributed by atoms with Gasteiger partial charge in [-0.3, -0.25) is 4.79 Å².